The van der Waals surface area contributed by atoms with Gasteiger partial charge in [-0.2, -0.15) is 0 Å². The molecule has 0 unspecified atom stereocenters. The number of nitrogen functional groups attached to an aromatic ring is 1. The summed E-state index contributed by atoms with van der Waals surface area (Å²) < 4.78 is 3.07. The van der Waals surface area contributed by atoms with E-state index in [1.807, 2.05) is 24.3 Å². The summed E-state index contributed by atoms with van der Waals surface area (Å²) >= 11 is 0. The van der Waals surface area contributed by atoms with Crippen LogP contribution in [-0.4, -0.2) is 19.2 Å². The summed E-state index contributed by atoms with van der Waals surface area (Å²) in [4.78, 5) is 16.8. The monoisotopic (exact) mass is 269 g/mol. The molecule has 0 amide bonds. The molecule has 2 N–H and O–H groups in total. The number of aromatic nitrogens is 4. The van der Waals surface area contributed by atoms with E-state index in [1.54, 1.807) is 4.40 Å². The van der Waals surface area contributed by atoms with E-state index in [2.05, 4.69) is 10.1 Å². The van der Waals surface area contributed by atoms with Gasteiger partial charge in [0.15, 0.2) is 5.82 Å². The third kappa shape index (κ3) is 1.68. The zero-order valence-corrected chi connectivity index (χ0v) is 11.0. The average molecular weight is 269 g/mol. The first-order valence-corrected chi connectivity index (χ1v) is 6.88. The third-order valence-corrected chi connectivity index (χ3v) is 3.88. The number of fused-ring (bicyclic) bond motifs is 3. The molecule has 0 radical (unpaired) electrons. The van der Waals surface area contributed by atoms with E-state index < -0.39 is 0 Å². The second kappa shape index (κ2) is 4.06. The summed E-state index contributed by atoms with van der Waals surface area (Å²) in [5.74, 6) is 1.06. The van der Waals surface area contributed by atoms with Gasteiger partial charge in [-0.25, -0.2) is 18.9 Å². The summed E-state index contributed by atoms with van der Waals surface area (Å²) in [5.41, 5.74) is 7.70. The van der Waals surface area contributed by atoms with Crippen molar-refractivity contribution in [2.45, 2.75) is 25.8 Å². The largest absolute Gasteiger partial charge is 0.381 e. The molecule has 0 bridgehead atoms. The van der Waals surface area contributed by atoms with Gasteiger partial charge in [-0.05, 0) is 24.5 Å². The van der Waals surface area contributed by atoms with E-state index in [9.17, 15) is 4.79 Å². The molecule has 102 valence electrons. The van der Waals surface area contributed by atoms with E-state index in [1.165, 1.54) is 17.5 Å². The van der Waals surface area contributed by atoms with Crippen molar-refractivity contribution in [2.75, 3.05) is 5.73 Å². The zero-order valence-electron chi connectivity index (χ0n) is 11.0. The summed E-state index contributed by atoms with van der Waals surface area (Å²) in [6.07, 6.45) is 3.55. The van der Waals surface area contributed by atoms with Crippen LogP contribution in [-0.2, 0) is 6.54 Å². The number of anilines is 1. The lowest BCUT2D eigenvalue weighted by Gasteiger charge is -2.01. The lowest BCUT2D eigenvalue weighted by Crippen LogP contribution is -2.22. The Bertz CT molecular complexity index is 859. The van der Waals surface area contributed by atoms with E-state index in [-0.39, 0.29) is 5.69 Å². The molecule has 6 heteroatoms. The Labute approximate surface area is 114 Å². The Morgan fingerprint density at radius 2 is 2.10 bits per heavy atom. The van der Waals surface area contributed by atoms with Crippen molar-refractivity contribution >= 4 is 22.5 Å². The van der Waals surface area contributed by atoms with Crippen molar-refractivity contribution in [1.29, 1.82) is 0 Å². The molecule has 2 aromatic heterocycles. The number of nitrogens with two attached hydrogens (primary N) is 1. The quantitative estimate of drug-likeness (QED) is 0.780. The number of hydrogen-bond acceptors (Lipinski definition) is 4. The molecule has 20 heavy (non-hydrogen) atoms. The predicted molar refractivity (Wildman–Crippen MR) is 76.5 cm³/mol. The third-order valence-electron chi connectivity index (χ3n) is 3.88. The first-order valence-electron chi connectivity index (χ1n) is 6.88. The Morgan fingerprint density at radius 1 is 1.30 bits per heavy atom. The number of para-hydroxylation sites is 2. The molecule has 0 aliphatic heterocycles. The number of rotatable bonds is 3. The van der Waals surface area contributed by atoms with Crippen LogP contribution < -0.4 is 11.4 Å². The molecule has 0 saturated heterocycles. The van der Waals surface area contributed by atoms with E-state index in [0.29, 0.717) is 23.5 Å². The highest BCUT2D eigenvalue weighted by molar-refractivity contribution is 5.81. The minimum absolute atomic E-state index is 0.133. The van der Waals surface area contributed by atoms with Gasteiger partial charge in [-0.3, -0.25) is 0 Å². The van der Waals surface area contributed by atoms with Crippen LogP contribution in [0.1, 0.15) is 19.3 Å². The number of benzene rings is 1. The van der Waals surface area contributed by atoms with Crippen molar-refractivity contribution in [3.05, 3.63) is 34.7 Å². The summed E-state index contributed by atoms with van der Waals surface area (Å²) in [6.45, 7) is 0.652. The number of hydrogen-bond donors (Lipinski definition) is 1. The van der Waals surface area contributed by atoms with Gasteiger partial charge in [0.05, 0.1) is 11.0 Å². The van der Waals surface area contributed by atoms with Crippen LogP contribution in [0.2, 0.25) is 0 Å². The van der Waals surface area contributed by atoms with Crippen molar-refractivity contribution in [3.8, 4) is 0 Å². The smallest absolute Gasteiger partial charge is 0.351 e. The normalized spacial score (nSPS) is 15.2. The molecule has 0 spiro atoms. The predicted octanol–water partition coefficient (Wildman–Crippen LogP) is 1.43. The van der Waals surface area contributed by atoms with Crippen LogP contribution in [0.4, 0.5) is 5.82 Å². The Balaban J connectivity index is 1.95. The molecule has 1 aliphatic carbocycles. The first kappa shape index (κ1) is 11.5. The summed E-state index contributed by atoms with van der Waals surface area (Å²) in [7, 11) is 0. The van der Waals surface area contributed by atoms with Crippen LogP contribution in [0.3, 0.4) is 0 Å². The van der Waals surface area contributed by atoms with Gasteiger partial charge in [0, 0.05) is 6.54 Å². The Hall–Kier alpha value is -2.37. The van der Waals surface area contributed by atoms with Crippen LogP contribution in [0.5, 0.6) is 0 Å². The van der Waals surface area contributed by atoms with E-state index in [0.717, 1.165) is 17.9 Å². The second-order valence-electron chi connectivity index (χ2n) is 5.38. The lowest BCUT2D eigenvalue weighted by atomic mass is 10.3. The molecule has 0 atom stereocenters. The van der Waals surface area contributed by atoms with Crippen molar-refractivity contribution in [3.63, 3.8) is 0 Å². The van der Waals surface area contributed by atoms with Crippen molar-refractivity contribution in [1.82, 2.24) is 19.2 Å². The fraction of sp³-hybridized carbons (Fsp3) is 0.357. The summed E-state index contributed by atoms with van der Waals surface area (Å²) in [5, 5.41) is 4.34. The molecule has 2 heterocycles. The Morgan fingerprint density at radius 3 is 2.90 bits per heavy atom. The molecular formula is C14H15N5O. The first-order chi connectivity index (χ1) is 9.74. The zero-order chi connectivity index (χ0) is 13.7. The maximum absolute atomic E-state index is 12.5. The van der Waals surface area contributed by atoms with Gasteiger partial charge in [0.2, 0.25) is 5.65 Å². The number of aryl methyl sites for hydroxylation is 1. The fourth-order valence-electron chi connectivity index (χ4n) is 2.58. The lowest BCUT2D eigenvalue weighted by molar-refractivity contribution is 0.532. The molecule has 1 aliphatic rings. The molecular weight excluding hydrogens is 254 g/mol. The van der Waals surface area contributed by atoms with Gasteiger partial charge in [0.25, 0.3) is 0 Å². The maximum atomic E-state index is 12.5. The van der Waals surface area contributed by atoms with E-state index >= 15 is 0 Å². The Kier molecular flexibility index (Phi) is 2.33. The highest BCUT2D eigenvalue weighted by Gasteiger charge is 2.22. The van der Waals surface area contributed by atoms with Crippen molar-refractivity contribution in [2.24, 2.45) is 5.92 Å². The van der Waals surface area contributed by atoms with E-state index in [4.69, 9.17) is 5.73 Å². The van der Waals surface area contributed by atoms with Crippen LogP contribution >= 0.6 is 0 Å². The SMILES string of the molecule is Nc1nc2ccccc2n2c(=O)n(CCC3CC3)nc12. The van der Waals surface area contributed by atoms with Crippen LogP contribution in [0.15, 0.2) is 29.1 Å². The van der Waals surface area contributed by atoms with Crippen molar-refractivity contribution < 1.29 is 0 Å². The average Bonchev–Trinajstić information content (AvgIpc) is 3.21. The highest BCUT2D eigenvalue weighted by Crippen LogP contribution is 2.32. The van der Waals surface area contributed by atoms with Gasteiger partial charge < -0.3 is 5.73 Å². The summed E-state index contributed by atoms with van der Waals surface area (Å²) in [6, 6.07) is 7.47. The topological polar surface area (TPSA) is 78.2 Å². The minimum Gasteiger partial charge on any atom is -0.381 e. The molecule has 4 rings (SSSR count). The van der Waals surface area contributed by atoms with Gasteiger partial charge >= 0.3 is 5.69 Å². The second-order valence-corrected chi connectivity index (χ2v) is 5.38. The van der Waals surface area contributed by atoms with Gasteiger partial charge in [-0.15, -0.1) is 5.10 Å². The standard InChI is InChI=1S/C14H15N5O/c15-12-13-17-18(8-7-9-5-6-9)14(20)19(13)11-4-2-1-3-10(11)16-12/h1-4,9H,5-8H2,(H2,15,16). The molecule has 6 nitrogen and oxygen atoms in total. The number of nitrogens with zero attached hydrogens (tertiary/aromatic N) is 4. The van der Waals surface area contributed by atoms with Crippen LogP contribution in [0, 0.1) is 5.92 Å². The van der Waals surface area contributed by atoms with Crippen LogP contribution in [0.25, 0.3) is 16.7 Å². The highest BCUT2D eigenvalue weighted by atomic mass is 16.2. The minimum atomic E-state index is -0.133. The van der Waals surface area contributed by atoms with Gasteiger partial charge in [-0.1, -0.05) is 25.0 Å². The van der Waals surface area contributed by atoms with Gasteiger partial charge in [0.1, 0.15) is 0 Å². The molecule has 3 aromatic rings. The fourth-order valence-corrected chi connectivity index (χ4v) is 2.58. The molecule has 1 fully saturated rings. The maximum Gasteiger partial charge on any atom is 0.351 e. The molecule has 1 aromatic carbocycles. The molecule has 1 saturated carbocycles.